The Morgan fingerprint density at radius 2 is 2.21 bits per heavy atom. The lowest BCUT2D eigenvalue weighted by Crippen LogP contribution is -2.34. The molecule has 0 amide bonds. The maximum absolute atomic E-state index is 13.2. The topological polar surface area (TPSA) is 49.7 Å². The number of hydrogen-bond donors (Lipinski definition) is 2. The predicted molar refractivity (Wildman–Crippen MR) is 54.0 cm³/mol. The van der Waals surface area contributed by atoms with E-state index in [2.05, 4.69) is 0 Å². The molecule has 0 saturated carbocycles. The summed E-state index contributed by atoms with van der Waals surface area (Å²) >= 11 is 1.21. The van der Waals surface area contributed by atoms with Crippen molar-refractivity contribution in [2.24, 2.45) is 0 Å². The number of thioether (sulfide) groups is 1. The first-order chi connectivity index (χ1) is 6.66. The van der Waals surface area contributed by atoms with E-state index in [1.807, 2.05) is 0 Å². The molecule has 2 N–H and O–H groups in total. The number of ether oxygens (including phenoxy) is 1. The molecule has 0 aliphatic rings. The number of benzene rings is 1. The van der Waals surface area contributed by atoms with Gasteiger partial charge >= 0.3 is 7.12 Å². The molecule has 0 saturated heterocycles. The Hall–Kier alpha value is -0.555. The molecule has 0 radical (unpaired) electrons. The van der Waals surface area contributed by atoms with Gasteiger partial charge in [0.2, 0.25) is 0 Å². The molecule has 76 valence electrons. The molecule has 0 aromatic heterocycles. The van der Waals surface area contributed by atoms with Crippen LogP contribution in [0.1, 0.15) is 0 Å². The Balaban J connectivity index is 2.96. The fourth-order valence-electron chi connectivity index (χ4n) is 1.02. The van der Waals surface area contributed by atoms with Crippen LogP contribution in [0.2, 0.25) is 0 Å². The monoisotopic (exact) mass is 216 g/mol. The molecule has 1 aromatic rings. The molecule has 0 heterocycles. The van der Waals surface area contributed by atoms with Gasteiger partial charge in [0.15, 0.2) is 0 Å². The first-order valence-electron chi connectivity index (χ1n) is 3.93. The van der Waals surface area contributed by atoms with Gasteiger partial charge in [-0.15, -0.1) is 0 Å². The van der Waals surface area contributed by atoms with Crippen molar-refractivity contribution < 1.29 is 19.2 Å². The minimum atomic E-state index is -1.80. The number of methoxy groups -OCH3 is 1. The largest absolute Gasteiger partial charge is 0.492 e. The van der Waals surface area contributed by atoms with Crippen LogP contribution < -0.4 is 5.46 Å². The molecule has 0 spiro atoms. The molecule has 3 nitrogen and oxygen atoms in total. The molecule has 0 bridgehead atoms. The van der Waals surface area contributed by atoms with Crippen molar-refractivity contribution in [3.8, 4) is 0 Å². The van der Waals surface area contributed by atoms with Crippen molar-refractivity contribution in [2.45, 2.75) is 4.90 Å². The summed E-state index contributed by atoms with van der Waals surface area (Å²) in [5.74, 6) is -0.287. The zero-order valence-corrected chi connectivity index (χ0v) is 8.42. The zero-order chi connectivity index (χ0) is 10.6. The molecule has 0 atom stereocenters. The summed E-state index contributed by atoms with van der Waals surface area (Å²) in [5, 5.41) is 17.9. The maximum Gasteiger partial charge on any atom is 0.492 e. The Morgan fingerprint density at radius 3 is 2.79 bits per heavy atom. The van der Waals surface area contributed by atoms with Crippen LogP contribution in [-0.2, 0) is 4.74 Å². The van der Waals surface area contributed by atoms with E-state index >= 15 is 0 Å². The average molecular weight is 216 g/mol. The normalized spacial score (nSPS) is 10.3. The smallest absolute Gasteiger partial charge is 0.423 e. The average Bonchev–Trinajstić information content (AvgIpc) is 2.14. The zero-order valence-electron chi connectivity index (χ0n) is 7.61. The summed E-state index contributed by atoms with van der Waals surface area (Å²) in [6, 6.07) is 4.31. The van der Waals surface area contributed by atoms with Gasteiger partial charge in [0.25, 0.3) is 0 Å². The first-order valence-corrected chi connectivity index (χ1v) is 4.91. The predicted octanol–water partition coefficient (Wildman–Crippen LogP) is 0.202. The van der Waals surface area contributed by atoms with Gasteiger partial charge < -0.3 is 14.8 Å². The van der Waals surface area contributed by atoms with E-state index in [0.29, 0.717) is 10.8 Å². The number of rotatable bonds is 4. The summed E-state index contributed by atoms with van der Waals surface area (Å²) in [7, 11) is -0.281. The molecule has 0 fully saturated rings. The highest BCUT2D eigenvalue weighted by Crippen LogP contribution is 2.16. The Morgan fingerprint density at radius 1 is 1.50 bits per heavy atom. The van der Waals surface area contributed by atoms with Crippen molar-refractivity contribution in [3.05, 3.63) is 24.0 Å². The van der Waals surface area contributed by atoms with Crippen LogP contribution in [0.4, 0.5) is 4.39 Å². The lowest BCUT2D eigenvalue weighted by atomic mass is 9.80. The fraction of sp³-hybridized carbons (Fsp3) is 0.250. The summed E-state index contributed by atoms with van der Waals surface area (Å²) in [6.07, 6.45) is 0. The van der Waals surface area contributed by atoms with E-state index < -0.39 is 12.9 Å². The quantitative estimate of drug-likeness (QED) is 0.429. The fourth-order valence-corrected chi connectivity index (χ4v) is 1.79. The lowest BCUT2D eigenvalue weighted by molar-refractivity contribution is 0.259. The SMILES string of the molecule is COCSc1cccc(F)c1B(O)O. The van der Waals surface area contributed by atoms with Crippen molar-refractivity contribution in [1.82, 2.24) is 0 Å². The van der Waals surface area contributed by atoms with Crippen LogP contribution in [0.25, 0.3) is 0 Å². The summed E-state index contributed by atoms with van der Waals surface area (Å²) in [5.41, 5.74) is -0.102. The minimum Gasteiger partial charge on any atom is -0.423 e. The van der Waals surface area contributed by atoms with Gasteiger partial charge in [-0.2, -0.15) is 0 Å². The van der Waals surface area contributed by atoms with Crippen molar-refractivity contribution in [3.63, 3.8) is 0 Å². The molecular formula is C8H10BFO3S. The number of halogens is 1. The van der Waals surface area contributed by atoms with E-state index in [0.717, 1.165) is 0 Å². The second kappa shape index (κ2) is 5.36. The van der Waals surface area contributed by atoms with Crippen molar-refractivity contribution >= 4 is 24.3 Å². The van der Waals surface area contributed by atoms with Crippen molar-refractivity contribution in [2.75, 3.05) is 13.0 Å². The van der Waals surface area contributed by atoms with Crippen LogP contribution in [0.15, 0.2) is 23.1 Å². The van der Waals surface area contributed by atoms with Gasteiger partial charge in [0.1, 0.15) is 5.82 Å². The van der Waals surface area contributed by atoms with Gasteiger partial charge in [-0.05, 0) is 12.1 Å². The van der Waals surface area contributed by atoms with Crippen LogP contribution in [0.5, 0.6) is 0 Å². The second-order valence-corrected chi connectivity index (χ2v) is 3.54. The van der Waals surface area contributed by atoms with Gasteiger partial charge in [-0.1, -0.05) is 17.8 Å². The minimum absolute atomic E-state index is 0.102. The van der Waals surface area contributed by atoms with E-state index in [1.54, 1.807) is 6.07 Å². The Bertz CT molecular complexity index is 309. The summed E-state index contributed by atoms with van der Waals surface area (Å²) < 4.78 is 18.0. The Kier molecular flexibility index (Phi) is 4.41. The van der Waals surface area contributed by atoms with Crippen LogP contribution >= 0.6 is 11.8 Å². The molecular weight excluding hydrogens is 206 g/mol. The third kappa shape index (κ3) is 2.72. The maximum atomic E-state index is 13.2. The standard InChI is InChI=1S/C8H10BFO3S/c1-13-5-14-7-4-2-3-6(10)8(7)9(11)12/h2-4,11-12H,5H2,1H3. The molecule has 14 heavy (non-hydrogen) atoms. The van der Waals surface area contributed by atoms with Gasteiger partial charge in [0, 0.05) is 17.5 Å². The van der Waals surface area contributed by atoms with Gasteiger partial charge in [-0.25, -0.2) is 4.39 Å². The van der Waals surface area contributed by atoms with E-state index in [4.69, 9.17) is 14.8 Å². The van der Waals surface area contributed by atoms with E-state index in [-0.39, 0.29) is 5.46 Å². The summed E-state index contributed by atoms with van der Waals surface area (Å²) in [4.78, 5) is 0.474. The second-order valence-electron chi connectivity index (χ2n) is 2.58. The molecule has 0 unspecified atom stereocenters. The highest BCUT2D eigenvalue weighted by Gasteiger charge is 2.20. The molecule has 6 heteroatoms. The van der Waals surface area contributed by atoms with Gasteiger partial charge in [-0.3, -0.25) is 0 Å². The lowest BCUT2D eigenvalue weighted by Gasteiger charge is -2.08. The van der Waals surface area contributed by atoms with E-state index in [1.165, 1.54) is 31.0 Å². The molecule has 0 aliphatic carbocycles. The van der Waals surface area contributed by atoms with Crippen LogP contribution in [0.3, 0.4) is 0 Å². The third-order valence-electron chi connectivity index (χ3n) is 1.60. The first kappa shape index (κ1) is 11.5. The van der Waals surface area contributed by atoms with E-state index in [9.17, 15) is 4.39 Å². The molecule has 1 rings (SSSR count). The molecule has 0 aliphatic heterocycles. The van der Waals surface area contributed by atoms with Crippen LogP contribution in [-0.4, -0.2) is 30.2 Å². The highest BCUT2D eigenvalue weighted by atomic mass is 32.2. The number of hydrogen-bond acceptors (Lipinski definition) is 4. The molecule has 1 aromatic carbocycles. The van der Waals surface area contributed by atoms with Crippen molar-refractivity contribution in [1.29, 1.82) is 0 Å². The Labute approximate surface area is 86.0 Å². The van der Waals surface area contributed by atoms with Crippen LogP contribution in [0, 0.1) is 5.82 Å². The summed E-state index contributed by atoms with van der Waals surface area (Å²) in [6.45, 7) is 0. The third-order valence-corrected chi connectivity index (χ3v) is 2.62. The highest BCUT2D eigenvalue weighted by molar-refractivity contribution is 7.99. The van der Waals surface area contributed by atoms with Gasteiger partial charge in [0.05, 0.1) is 5.94 Å².